The van der Waals surface area contributed by atoms with Crippen LogP contribution >= 0.6 is 0 Å². The Hall–Kier alpha value is -2.30. The van der Waals surface area contributed by atoms with Crippen LogP contribution in [0.2, 0.25) is 0 Å². The zero-order valence-electron chi connectivity index (χ0n) is 11.9. The molecular formula is C15H19FN4. The standard InChI is InChI=1S/C15H19FN4/c1-17-13-8-9-14(19-15(13)20(2)3)18-10-11-4-6-12(16)7-5-11/h4-9,17H,10H2,1-3H3,(H,18,19). The third kappa shape index (κ3) is 3.38. The summed E-state index contributed by atoms with van der Waals surface area (Å²) in [5.74, 6) is 1.44. The molecule has 0 spiro atoms. The van der Waals surface area contributed by atoms with Crippen LogP contribution in [0.1, 0.15) is 5.56 Å². The predicted octanol–water partition coefficient (Wildman–Crippen LogP) is 2.94. The first kappa shape index (κ1) is 14.1. The zero-order valence-corrected chi connectivity index (χ0v) is 11.9. The number of aromatic nitrogens is 1. The van der Waals surface area contributed by atoms with Crippen molar-refractivity contribution in [1.82, 2.24) is 4.98 Å². The molecule has 0 atom stereocenters. The first-order valence-corrected chi connectivity index (χ1v) is 6.44. The van der Waals surface area contributed by atoms with Gasteiger partial charge in [0.25, 0.3) is 0 Å². The quantitative estimate of drug-likeness (QED) is 0.879. The molecule has 1 heterocycles. The van der Waals surface area contributed by atoms with Gasteiger partial charge in [-0.15, -0.1) is 0 Å². The third-order valence-corrected chi connectivity index (χ3v) is 2.95. The van der Waals surface area contributed by atoms with Gasteiger partial charge in [0, 0.05) is 27.7 Å². The second kappa shape index (κ2) is 6.23. The Bertz CT molecular complexity index is 567. The van der Waals surface area contributed by atoms with Gasteiger partial charge in [-0.25, -0.2) is 9.37 Å². The summed E-state index contributed by atoms with van der Waals surface area (Å²) in [6.07, 6.45) is 0. The molecule has 2 aromatic rings. The highest BCUT2D eigenvalue weighted by molar-refractivity contribution is 5.67. The molecule has 0 aliphatic heterocycles. The first-order valence-electron chi connectivity index (χ1n) is 6.44. The molecule has 5 heteroatoms. The van der Waals surface area contributed by atoms with Gasteiger partial charge in [-0.3, -0.25) is 0 Å². The van der Waals surface area contributed by atoms with E-state index in [4.69, 9.17) is 0 Å². The Labute approximate surface area is 118 Å². The van der Waals surface area contributed by atoms with E-state index in [-0.39, 0.29) is 5.82 Å². The van der Waals surface area contributed by atoms with E-state index in [1.807, 2.05) is 38.2 Å². The van der Waals surface area contributed by atoms with Crippen molar-refractivity contribution in [3.8, 4) is 0 Å². The fraction of sp³-hybridized carbons (Fsp3) is 0.267. The number of pyridine rings is 1. The predicted molar refractivity (Wildman–Crippen MR) is 81.8 cm³/mol. The molecule has 2 rings (SSSR count). The van der Waals surface area contributed by atoms with Crippen molar-refractivity contribution < 1.29 is 4.39 Å². The topological polar surface area (TPSA) is 40.2 Å². The van der Waals surface area contributed by atoms with E-state index >= 15 is 0 Å². The number of hydrogen-bond acceptors (Lipinski definition) is 4. The van der Waals surface area contributed by atoms with Crippen LogP contribution in [0.3, 0.4) is 0 Å². The van der Waals surface area contributed by atoms with Gasteiger partial charge in [-0.1, -0.05) is 12.1 Å². The highest BCUT2D eigenvalue weighted by Crippen LogP contribution is 2.23. The molecule has 1 aromatic carbocycles. The fourth-order valence-electron chi connectivity index (χ4n) is 1.88. The molecule has 2 N–H and O–H groups in total. The molecule has 1 aromatic heterocycles. The van der Waals surface area contributed by atoms with Crippen LogP contribution in [-0.2, 0) is 6.54 Å². The minimum absolute atomic E-state index is 0.222. The van der Waals surface area contributed by atoms with Crippen LogP contribution < -0.4 is 15.5 Å². The molecule has 0 aliphatic carbocycles. The summed E-state index contributed by atoms with van der Waals surface area (Å²) in [6, 6.07) is 10.3. The third-order valence-electron chi connectivity index (χ3n) is 2.95. The van der Waals surface area contributed by atoms with Gasteiger partial charge in [-0.2, -0.15) is 0 Å². The van der Waals surface area contributed by atoms with Crippen molar-refractivity contribution in [1.29, 1.82) is 0 Å². The van der Waals surface area contributed by atoms with Crippen molar-refractivity contribution in [3.05, 3.63) is 47.8 Å². The lowest BCUT2D eigenvalue weighted by atomic mass is 10.2. The van der Waals surface area contributed by atoms with Crippen LogP contribution in [0.15, 0.2) is 36.4 Å². The maximum Gasteiger partial charge on any atom is 0.153 e. The van der Waals surface area contributed by atoms with E-state index < -0.39 is 0 Å². The normalized spacial score (nSPS) is 10.2. The van der Waals surface area contributed by atoms with Gasteiger partial charge < -0.3 is 15.5 Å². The number of nitrogens with zero attached hydrogens (tertiary/aromatic N) is 2. The summed E-state index contributed by atoms with van der Waals surface area (Å²) in [5.41, 5.74) is 1.99. The summed E-state index contributed by atoms with van der Waals surface area (Å²) in [4.78, 5) is 6.51. The van der Waals surface area contributed by atoms with Crippen LogP contribution in [0.4, 0.5) is 21.7 Å². The van der Waals surface area contributed by atoms with Crippen molar-refractivity contribution in [2.45, 2.75) is 6.54 Å². The molecule has 0 amide bonds. The monoisotopic (exact) mass is 274 g/mol. The van der Waals surface area contributed by atoms with Gasteiger partial charge in [0.1, 0.15) is 11.6 Å². The van der Waals surface area contributed by atoms with Gasteiger partial charge in [0.05, 0.1) is 5.69 Å². The fourth-order valence-corrected chi connectivity index (χ4v) is 1.88. The Morgan fingerprint density at radius 1 is 1.10 bits per heavy atom. The maximum atomic E-state index is 12.8. The van der Waals surface area contributed by atoms with Crippen LogP contribution in [0.25, 0.3) is 0 Å². The highest BCUT2D eigenvalue weighted by atomic mass is 19.1. The summed E-state index contributed by atoms with van der Waals surface area (Å²) in [6.45, 7) is 0.610. The van der Waals surface area contributed by atoms with E-state index in [0.717, 1.165) is 22.9 Å². The molecule has 0 unspecified atom stereocenters. The number of rotatable bonds is 5. The Morgan fingerprint density at radius 2 is 1.80 bits per heavy atom. The number of nitrogens with one attached hydrogen (secondary N) is 2. The largest absolute Gasteiger partial charge is 0.385 e. The molecule has 0 aliphatic rings. The molecule has 20 heavy (non-hydrogen) atoms. The molecule has 0 fully saturated rings. The van der Waals surface area contributed by atoms with Crippen LogP contribution in [-0.4, -0.2) is 26.1 Å². The van der Waals surface area contributed by atoms with Crippen molar-refractivity contribution in [2.75, 3.05) is 36.7 Å². The Balaban J connectivity index is 2.09. The van der Waals surface area contributed by atoms with E-state index in [9.17, 15) is 4.39 Å². The van der Waals surface area contributed by atoms with Crippen molar-refractivity contribution >= 4 is 17.3 Å². The van der Waals surface area contributed by atoms with E-state index in [1.165, 1.54) is 12.1 Å². The molecule has 0 radical (unpaired) electrons. The molecule has 4 nitrogen and oxygen atoms in total. The average molecular weight is 274 g/mol. The Morgan fingerprint density at radius 3 is 2.40 bits per heavy atom. The summed E-state index contributed by atoms with van der Waals surface area (Å²) in [5, 5.41) is 6.35. The molecule has 106 valence electrons. The van der Waals surface area contributed by atoms with Crippen LogP contribution in [0.5, 0.6) is 0 Å². The second-order valence-corrected chi connectivity index (χ2v) is 4.69. The van der Waals surface area contributed by atoms with E-state index in [2.05, 4.69) is 15.6 Å². The van der Waals surface area contributed by atoms with Crippen molar-refractivity contribution in [3.63, 3.8) is 0 Å². The molecular weight excluding hydrogens is 255 g/mol. The number of hydrogen-bond donors (Lipinski definition) is 2. The minimum atomic E-state index is -0.222. The van der Waals surface area contributed by atoms with Gasteiger partial charge in [-0.05, 0) is 29.8 Å². The summed E-state index contributed by atoms with van der Waals surface area (Å²) < 4.78 is 12.8. The number of halogens is 1. The minimum Gasteiger partial charge on any atom is -0.385 e. The first-order chi connectivity index (χ1) is 9.60. The van der Waals surface area contributed by atoms with Gasteiger partial charge >= 0.3 is 0 Å². The second-order valence-electron chi connectivity index (χ2n) is 4.69. The van der Waals surface area contributed by atoms with Gasteiger partial charge in [0.15, 0.2) is 5.82 Å². The SMILES string of the molecule is CNc1ccc(NCc2ccc(F)cc2)nc1N(C)C. The Kier molecular flexibility index (Phi) is 4.40. The summed E-state index contributed by atoms with van der Waals surface area (Å²) in [7, 11) is 5.77. The van der Waals surface area contributed by atoms with Gasteiger partial charge in [0.2, 0.25) is 0 Å². The lowest BCUT2D eigenvalue weighted by Gasteiger charge is -2.17. The lowest BCUT2D eigenvalue weighted by molar-refractivity contribution is 0.627. The number of benzene rings is 1. The lowest BCUT2D eigenvalue weighted by Crippen LogP contribution is -2.14. The van der Waals surface area contributed by atoms with Crippen LogP contribution in [0, 0.1) is 5.82 Å². The number of anilines is 3. The molecule has 0 saturated heterocycles. The van der Waals surface area contributed by atoms with Crippen molar-refractivity contribution in [2.24, 2.45) is 0 Å². The smallest absolute Gasteiger partial charge is 0.153 e. The maximum absolute atomic E-state index is 12.8. The zero-order chi connectivity index (χ0) is 14.5. The van der Waals surface area contributed by atoms with E-state index in [0.29, 0.717) is 6.54 Å². The average Bonchev–Trinajstić information content (AvgIpc) is 2.46. The highest BCUT2D eigenvalue weighted by Gasteiger charge is 2.06. The molecule has 0 bridgehead atoms. The summed E-state index contributed by atoms with van der Waals surface area (Å²) >= 11 is 0. The molecule has 0 saturated carbocycles. The van der Waals surface area contributed by atoms with E-state index in [1.54, 1.807) is 12.1 Å².